The Kier molecular flexibility index (Phi) is 9.38. The Morgan fingerprint density at radius 2 is 1.61 bits per heavy atom. The number of carbonyl (C=O) groups excluding carboxylic acids is 1. The lowest BCUT2D eigenvalue weighted by molar-refractivity contribution is -0.193. The molecule has 1 amide bonds. The van der Waals surface area contributed by atoms with Crippen LogP contribution in [-0.4, -0.2) is 60.5 Å². The van der Waals surface area contributed by atoms with E-state index in [1.165, 1.54) is 0 Å². The number of amides is 1. The van der Waals surface area contributed by atoms with Crippen molar-refractivity contribution in [1.82, 2.24) is 20.1 Å². The third-order valence-corrected chi connectivity index (χ3v) is 4.69. The van der Waals surface area contributed by atoms with Crippen LogP contribution in [0.25, 0.3) is 0 Å². The quantitative estimate of drug-likeness (QED) is 0.504. The number of aliphatic carboxylic acids is 2. The van der Waals surface area contributed by atoms with Crippen molar-refractivity contribution in [3.8, 4) is 0 Å². The first-order chi connectivity index (χ1) is 16.7. The monoisotopic (exact) mass is 526 g/mol. The van der Waals surface area contributed by atoms with Crippen LogP contribution in [0.1, 0.15) is 35.4 Å². The van der Waals surface area contributed by atoms with Gasteiger partial charge < -0.3 is 19.8 Å². The van der Waals surface area contributed by atoms with Crippen LogP contribution in [-0.2, 0) is 45.4 Å². The van der Waals surface area contributed by atoms with Gasteiger partial charge in [0.05, 0.1) is 31.1 Å². The van der Waals surface area contributed by atoms with E-state index in [1.807, 2.05) is 17.0 Å². The first-order valence-corrected chi connectivity index (χ1v) is 10.1. The minimum atomic E-state index is -5.08. The molecule has 36 heavy (non-hydrogen) atoms. The van der Waals surface area contributed by atoms with Crippen LogP contribution in [0.4, 0.5) is 26.3 Å². The SMILES string of the molecule is O=C(C1CC1)N1Cc2[nH]nc(COCc3cccnc3)c2C1.O=C(O)C(F)(F)F.O=C(O)C(F)(F)F. The molecule has 1 aliphatic heterocycles. The van der Waals surface area contributed by atoms with Gasteiger partial charge >= 0.3 is 24.3 Å². The lowest BCUT2D eigenvalue weighted by Crippen LogP contribution is -2.27. The average molecular weight is 526 g/mol. The Morgan fingerprint density at radius 1 is 1.03 bits per heavy atom. The maximum absolute atomic E-state index is 12.1. The van der Waals surface area contributed by atoms with Crippen molar-refractivity contribution in [2.24, 2.45) is 5.92 Å². The standard InChI is InChI=1S/C16H18N4O2.2C2HF3O2/c21-16(12-3-4-12)20-7-13-14(8-20)18-19-15(13)10-22-9-11-2-1-5-17-6-11;2*3-2(4,5)1(6)7/h1-2,5-6,12H,3-4,7-10H2,(H,18,19);2*(H,6,7). The van der Waals surface area contributed by atoms with E-state index in [0.717, 1.165) is 35.4 Å². The molecule has 2 aromatic heterocycles. The predicted molar refractivity (Wildman–Crippen MR) is 106 cm³/mol. The molecule has 0 bridgehead atoms. The van der Waals surface area contributed by atoms with Gasteiger partial charge in [0.15, 0.2) is 0 Å². The number of pyridine rings is 1. The Labute approximate surface area is 198 Å². The zero-order chi connectivity index (χ0) is 27.1. The summed E-state index contributed by atoms with van der Waals surface area (Å²) in [5.41, 5.74) is 4.12. The number of halogens is 6. The van der Waals surface area contributed by atoms with Gasteiger partial charge in [0.2, 0.25) is 5.91 Å². The van der Waals surface area contributed by atoms with Crippen LogP contribution in [0.15, 0.2) is 24.5 Å². The maximum atomic E-state index is 12.1. The lowest BCUT2D eigenvalue weighted by Gasteiger charge is -2.15. The zero-order valence-electron chi connectivity index (χ0n) is 18.3. The highest BCUT2D eigenvalue weighted by Crippen LogP contribution is 2.34. The summed E-state index contributed by atoms with van der Waals surface area (Å²) in [6, 6.07) is 3.88. The largest absolute Gasteiger partial charge is 0.490 e. The molecule has 4 rings (SSSR count). The van der Waals surface area contributed by atoms with Gasteiger partial charge in [-0.05, 0) is 24.5 Å². The molecular weight excluding hydrogens is 506 g/mol. The summed E-state index contributed by atoms with van der Waals surface area (Å²) in [6.07, 6.45) is -4.54. The topological polar surface area (TPSA) is 146 Å². The van der Waals surface area contributed by atoms with E-state index in [2.05, 4.69) is 15.2 Å². The lowest BCUT2D eigenvalue weighted by atomic mass is 10.2. The molecule has 0 saturated heterocycles. The van der Waals surface area contributed by atoms with Crippen molar-refractivity contribution in [2.75, 3.05) is 0 Å². The predicted octanol–water partition coefficient (Wildman–Crippen LogP) is 3.04. The Hall–Kier alpha value is -3.69. The minimum absolute atomic E-state index is 0.266. The van der Waals surface area contributed by atoms with Gasteiger partial charge in [-0.25, -0.2) is 9.59 Å². The number of carbonyl (C=O) groups is 3. The molecular formula is C20H20F6N4O6. The summed E-state index contributed by atoms with van der Waals surface area (Å²) in [5, 5.41) is 21.6. The molecule has 0 unspecified atom stereocenters. The molecule has 1 aliphatic carbocycles. The highest BCUT2D eigenvalue weighted by molar-refractivity contribution is 5.81. The maximum Gasteiger partial charge on any atom is 0.490 e. The molecule has 2 aliphatic rings. The summed E-state index contributed by atoms with van der Waals surface area (Å²) in [5.74, 6) is -4.96. The number of H-pyrrole nitrogens is 1. The van der Waals surface area contributed by atoms with E-state index in [4.69, 9.17) is 24.5 Å². The smallest absolute Gasteiger partial charge is 0.475 e. The number of aromatic amines is 1. The normalized spacial score (nSPS) is 14.7. The fourth-order valence-corrected chi connectivity index (χ4v) is 2.81. The number of hydrogen-bond acceptors (Lipinski definition) is 6. The third-order valence-electron chi connectivity index (χ3n) is 4.69. The minimum Gasteiger partial charge on any atom is -0.475 e. The number of hydrogen-bond donors (Lipinski definition) is 3. The zero-order valence-corrected chi connectivity index (χ0v) is 18.3. The summed E-state index contributed by atoms with van der Waals surface area (Å²) in [6.45, 7) is 2.28. The number of carboxylic acids is 2. The van der Waals surface area contributed by atoms with Crippen LogP contribution < -0.4 is 0 Å². The number of nitrogens with one attached hydrogen (secondary N) is 1. The van der Waals surface area contributed by atoms with Crippen molar-refractivity contribution < 1.29 is 55.7 Å². The highest BCUT2D eigenvalue weighted by atomic mass is 19.4. The van der Waals surface area contributed by atoms with Crippen molar-refractivity contribution in [1.29, 1.82) is 0 Å². The second-order valence-corrected chi connectivity index (χ2v) is 7.56. The molecule has 0 radical (unpaired) electrons. The summed E-state index contributed by atoms with van der Waals surface area (Å²) >= 11 is 0. The van der Waals surface area contributed by atoms with Gasteiger partial charge in [-0.3, -0.25) is 14.9 Å². The van der Waals surface area contributed by atoms with Gasteiger partial charge in [-0.1, -0.05) is 6.07 Å². The summed E-state index contributed by atoms with van der Waals surface area (Å²) in [7, 11) is 0. The number of carboxylic acid groups (broad SMARTS) is 2. The average Bonchev–Trinajstić information content (AvgIpc) is 3.44. The van der Waals surface area contributed by atoms with Gasteiger partial charge in [0.25, 0.3) is 0 Å². The van der Waals surface area contributed by atoms with E-state index in [0.29, 0.717) is 26.3 Å². The number of alkyl halides is 6. The fraction of sp³-hybridized carbons (Fsp3) is 0.450. The summed E-state index contributed by atoms with van der Waals surface area (Å²) < 4.78 is 69.2. The summed E-state index contributed by atoms with van der Waals surface area (Å²) in [4.78, 5) is 35.9. The highest BCUT2D eigenvalue weighted by Gasteiger charge is 2.39. The van der Waals surface area contributed by atoms with Gasteiger partial charge in [-0.15, -0.1) is 0 Å². The van der Waals surface area contributed by atoms with Crippen LogP contribution in [0.2, 0.25) is 0 Å². The third kappa shape index (κ3) is 8.83. The van der Waals surface area contributed by atoms with E-state index >= 15 is 0 Å². The second-order valence-electron chi connectivity index (χ2n) is 7.56. The molecule has 10 nitrogen and oxygen atoms in total. The van der Waals surface area contributed by atoms with E-state index in [1.54, 1.807) is 12.4 Å². The van der Waals surface area contributed by atoms with E-state index in [-0.39, 0.29) is 11.8 Å². The first kappa shape index (κ1) is 28.5. The van der Waals surface area contributed by atoms with Crippen LogP contribution in [0, 0.1) is 5.92 Å². The van der Waals surface area contributed by atoms with Gasteiger partial charge in [0.1, 0.15) is 0 Å². The molecule has 3 heterocycles. The van der Waals surface area contributed by atoms with Crippen molar-refractivity contribution in [3.05, 3.63) is 47.0 Å². The molecule has 1 saturated carbocycles. The molecule has 1 fully saturated rings. The van der Waals surface area contributed by atoms with E-state index < -0.39 is 24.3 Å². The van der Waals surface area contributed by atoms with Crippen LogP contribution in [0.3, 0.4) is 0 Å². The number of aromatic nitrogens is 3. The Morgan fingerprint density at radius 3 is 2.08 bits per heavy atom. The van der Waals surface area contributed by atoms with Crippen molar-refractivity contribution in [3.63, 3.8) is 0 Å². The van der Waals surface area contributed by atoms with Crippen LogP contribution in [0.5, 0.6) is 0 Å². The van der Waals surface area contributed by atoms with Gasteiger partial charge in [-0.2, -0.15) is 31.4 Å². The number of ether oxygens (including phenoxy) is 1. The number of rotatable bonds is 5. The Bertz CT molecular complexity index is 1030. The fourth-order valence-electron chi connectivity index (χ4n) is 2.81. The molecule has 198 valence electrons. The van der Waals surface area contributed by atoms with Crippen LogP contribution >= 0.6 is 0 Å². The molecule has 3 N–H and O–H groups in total. The first-order valence-electron chi connectivity index (χ1n) is 10.1. The second kappa shape index (κ2) is 11.8. The molecule has 0 aromatic carbocycles. The molecule has 0 atom stereocenters. The van der Waals surface area contributed by atoms with Gasteiger partial charge in [0, 0.05) is 30.4 Å². The van der Waals surface area contributed by atoms with Crippen molar-refractivity contribution >= 4 is 17.8 Å². The Balaban J connectivity index is 0.000000271. The number of nitrogens with zero attached hydrogens (tertiary/aromatic N) is 3. The molecule has 16 heteroatoms. The van der Waals surface area contributed by atoms with Crippen molar-refractivity contribution in [2.45, 2.75) is 51.5 Å². The molecule has 2 aromatic rings. The molecule has 0 spiro atoms. The van der Waals surface area contributed by atoms with E-state index in [9.17, 15) is 31.1 Å². The number of fused-ring (bicyclic) bond motifs is 1.